The summed E-state index contributed by atoms with van der Waals surface area (Å²) in [6.07, 6.45) is 3.95. The van der Waals surface area contributed by atoms with Gasteiger partial charge < -0.3 is 19.8 Å². The Bertz CT molecular complexity index is 749. The highest BCUT2D eigenvalue weighted by Gasteiger charge is 2.25. The summed E-state index contributed by atoms with van der Waals surface area (Å²) in [6, 6.07) is 10.5. The minimum absolute atomic E-state index is 0. The molecular formula is C22H32FIN4O2. The van der Waals surface area contributed by atoms with Crippen LogP contribution in [0.2, 0.25) is 0 Å². The first kappa shape index (κ1) is 24.6. The number of halogens is 2. The molecule has 2 heterocycles. The summed E-state index contributed by atoms with van der Waals surface area (Å²) in [5.41, 5.74) is 0.919. The van der Waals surface area contributed by atoms with E-state index in [1.54, 1.807) is 25.5 Å². The van der Waals surface area contributed by atoms with Gasteiger partial charge in [0.2, 0.25) is 0 Å². The van der Waals surface area contributed by atoms with E-state index in [1.807, 2.05) is 19.1 Å². The molecule has 0 amide bonds. The quantitative estimate of drug-likeness (QED) is 0.290. The van der Waals surface area contributed by atoms with Gasteiger partial charge in [-0.2, -0.15) is 0 Å². The van der Waals surface area contributed by atoms with Gasteiger partial charge in [0.1, 0.15) is 11.6 Å². The number of nitrogens with zero attached hydrogens (tertiary/aromatic N) is 2. The van der Waals surface area contributed by atoms with Crippen LogP contribution < -0.4 is 10.6 Å². The van der Waals surface area contributed by atoms with Gasteiger partial charge >= 0.3 is 0 Å². The third kappa shape index (κ3) is 6.95. The van der Waals surface area contributed by atoms with Gasteiger partial charge in [-0.15, -0.1) is 24.0 Å². The normalized spacial score (nSPS) is 16.7. The number of guanidine groups is 1. The molecule has 2 N–H and O–H groups in total. The topological polar surface area (TPSA) is 62.0 Å². The van der Waals surface area contributed by atoms with Gasteiger partial charge in [-0.05, 0) is 62.7 Å². The summed E-state index contributed by atoms with van der Waals surface area (Å²) in [5, 5.41) is 6.64. The van der Waals surface area contributed by atoms with E-state index in [0.29, 0.717) is 13.1 Å². The molecule has 0 aliphatic carbocycles. The van der Waals surface area contributed by atoms with Gasteiger partial charge in [0, 0.05) is 20.2 Å². The zero-order chi connectivity index (χ0) is 20.5. The molecule has 1 aromatic heterocycles. The Hall–Kier alpha value is -1.65. The van der Waals surface area contributed by atoms with Crippen LogP contribution in [0.4, 0.5) is 4.39 Å². The van der Waals surface area contributed by atoms with E-state index in [9.17, 15) is 4.39 Å². The Morgan fingerprint density at radius 3 is 2.53 bits per heavy atom. The summed E-state index contributed by atoms with van der Waals surface area (Å²) in [5.74, 6) is 1.43. The van der Waals surface area contributed by atoms with Crippen molar-refractivity contribution in [1.29, 1.82) is 0 Å². The molecular weight excluding hydrogens is 498 g/mol. The number of likely N-dealkylation sites (tertiary alicyclic amines) is 1. The van der Waals surface area contributed by atoms with Gasteiger partial charge in [-0.25, -0.2) is 4.39 Å². The summed E-state index contributed by atoms with van der Waals surface area (Å²) in [6.45, 7) is 6.08. The molecule has 2 aromatic rings. The molecule has 0 saturated carbocycles. The highest BCUT2D eigenvalue weighted by Crippen LogP contribution is 2.25. The Morgan fingerprint density at radius 2 is 1.93 bits per heavy atom. The van der Waals surface area contributed by atoms with E-state index in [-0.39, 0.29) is 41.9 Å². The molecule has 0 radical (unpaired) electrons. The molecule has 1 aliphatic heterocycles. The minimum Gasteiger partial charge on any atom is -0.468 e. The van der Waals surface area contributed by atoms with Gasteiger partial charge in [-0.3, -0.25) is 9.89 Å². The molecule has 6 nitrogen and oxygen atoms in total. The Balaban J connectivity index is 0.00000320. The first-order valence-electron chi connectivity index (χ1n) is 10.3. The molecule has 8 heteroatoms. The highest BCUT2D eigenvalue weighted by atomic mass is 127. The lowest BCUT2D eigenvalue weighted by Crippen LogP contribution is -2.40. The third-order valence-electron chi connectivity index (χ3n) is 5.20. The predicted octanol–water partition coefficient (Wildman–Crippen LogP) is 4.12. The fraction of sp³-hybridized carbons (Fsp3) is 0.500. The summed E-state index contributed by atoms with van der Waals surface area (Å²) >= 11 is 0. The molecule has 1 saturated heterocycles. The van der Waals surface area contributed by atoms with Crippen LogP contribution in [-0.2, 0) is 4.74 Å². The van der Waals surface area contributed by atoms with Crippen molar-refractivity contribution >= 4 is 29.9 Å². The fourth-order valence-corrected chi connectivity index (χ4v) is 3.64. The van der Waals surface area contributed by atoms with E-state index in [1.165, 1.54) is 25.0 Å². The Labute approximate surface area is 195 Å². The second-order valence-corrected chi connectivity index (χ2v) is 7.15. The number of aliphatic imine (C=N–C) groups is 1. The van der Waals surface area contributed by atoms with Crippen molar-refractivity contribution in [1.82, 2.24) is 15.5 Å². The fourth-order valence-electron chi connectivity index (χ4n) is 3.64. The van der Waals surface area contributed by atoms with Gasteiger partial charge in [0.15, 0.2) is 5.96 Å². The molecule has 2 unspecified atom stereocenters. The van der Waals surface area contributed by atoms with Crippen molar-refractivity contribution in [3.8, 4) is 0 Å². The second-order valence-electron chi connectivity index (χ2n) is 7.15. The zero-order valence-electron chi connectivity index (χ0n) is 17.6. The molecule has 1 aliphatic rings. The monoisotopic (exact) mass is 530 g/mol. The average Bonchev–Trinajstić information content (AvgIpc) is 3.44. The molecule has 3 rings (SSSR count). The maximum absolute atomic E-state index is 13.2. The molecule has 1 fully saturated rings. The van der Waals surface area contributed by atoms with Crippen LogP contribution in [0.5, 0.6) is 0 Å². The first-order chi connectivity index (χ1) is 14.2. The summed E-state index contributed by atoms with van der Waals surface area (Å²) in [7, 11) is 1.65. The number of ether oxygens (including phenoxy) is 1. The molecule has 1 aromatic carbocycles. The average molecular weight is 530 g/mol. The van der Waals surface area contributed by atoms with Crippen LogP contribution in [0, 0.1) is 5.82 Å². The van der Waals surface area contributed by atoms with Crippen LogP contribution in [0.3, 0.4) is 0 Å². The van der Waals surface area contributed by atoms with Crippen LogP contribution in [0.15, 0.2) is 52.1 Å². The Morgan fingerprint density at radius 1 is 1.20 bits per heavy atom. The number of furan rings is 1. The van der Waals surface area contributed by atoms with Crippen molar-refractivity contribution in [2.45, 2.75) is 31.9 Å². The lowest BCUT2D eigenvalue weighted by molar-refractivity contribution is 0.106. The van der Waals surface area contributed by atoms with Crippen LogP contribution in [0.25, 0.3) is 0 Å². The van der Waals surface area contributed by atoms with Gasteiger partial charge in [0.05, 0.1) is 25.0 Å². The largest absolute Gasteiger partial charge is 0.468 e. The number of benzene rings is 1. The number of nitrogens with one attached hydrogen (secondary N) is 2. The lowest BCUT2D eigenvalue weighted by atomic mass is 10.1. The maximum atomic E-state index is 13.2. The molecule has 30 heavy (non-hydrogen) atoms. The summed E-state index contributed by atoms with van der Waals surface area (Å²) in [4.78, 5) is 7.24. The maximum Gasteiger partial charge on any atom is 0.191 e. The van der Waals surface area contributed by atoms with Crippen LogP contribution in [0.1, 0.15) is 43.2 Å². The standard InChI is InChI=1S/C22H31FN4O2.HI/c1-3-24-22(26-16-21(28-2)17-8-10-18(23)11-9-17)25-15-19(20-7-6-14-29-20)27-12-4-5-13-27;/h6-11,14,19,21H,3-5,12-13,15-16H2,1-2H3,(H2,24,25,26);1H. The van der Waals surface area contributed by atoms with Crippen molar-refractivity contribution in [3.05, 3.63) is 59.8 Å². The number of methoxy groups -OCH3 is 1. The van der Waals surface area contributed by atoms with Crippen molar-refractivity contribution in [2.24, 2.45) is 4.99 Å². The predicted molar refractivity (Wildman–Crippen MR) is 128 cm³/mol. The van der Waals surface area contributed by atoms with E-state index >= 15 is 0 Å². The molecule has 2 atom stereocenters. The van der Waals surface area contributed by atoms with Gasteiger partial charge in [0.25, 0.3) is 0 Å². The van der Waals surface area contributed by atoms with E-state index < -0.39 is 0 Å². The van der Waals surface area contributed by atoms with Crippen LogP contribution in [-0.4, -0.2) is 50.7 Å². The second kappa shape index (κ2) is 12.9. The highest BCUT2D eigenvalue weighted by molar-refractivity contribution is 14.0. The number of rotatable bonds is 9. The van der Waals surface area contributed by atoms with Crippen LogP contribution >= 0.6 is 24.0 Å². The van der Waals surface area contributed by atoms with Crippen molar-refractivity contribution in [3.63, 3.8) is 0 Å². The summed E-state index contributed by atoms with van der Waals surface area (Å²) < 4.78 is 24.5. The molecule has 0 bridgehead atoms. The third-order valence-corrected chi connectivity index (χ3v) is 5.20. The Kier molecular flexibility index (Phi) is 10.6. The SMILES string of the molecule is CCNC(=NCC(c1ccco1)N1CCCC1)NCC(OC)c1ccc(F)cc1.I. The lowest BCUT2D eigenvalue weighted by Gasteiger charge is -2.25. The van der Waals surface area contributed by atoms with E-state index in [4.69, 9.17) is 14.1 Å². The molecule has 166 valence electrons. The smallest absolute Gasteiger partial charge is 0.191 e. The van der Waals surface area contributed by atoms with E-state index in [2.05, 4.69) is 15.5 Å². The number of hydrogen-bond donors (Lipinski definition) is 2. The van der Waals surface area contributed by atoms with E-state index in [0.717, 1.165) is 36.9 Å². The van der Waals surface area contributed by atoms with Gasteiger partial charge in [-0.1, -0.05) is 12.1 Å². The number of hydrogen-bond acceptors (Lipinski definition) is 4. The first-order valence-corrected chi connectivity index (χ1v) is 10.3. The molecule has 0 spiro atoms. The zero-order valence-corrected chi connectivity index (χ0v) is 20.0. The van der Waals surface area contributed by atoms with Crippen molar-refractivity contribution < 1.29 is 13.5 Å². The minimum atomic E-state index is -0.252. The van der Waals surface area contributed by atoms with Crippen molar-refractivity contribution in [2.75, 3.05) is 39.8 Å².